The lowest BCUT2D eigenvalue weighted by atomic mass is 10.1. The molecule has 19 heavy (non-hydrogen) atoms. The van der Waals surface area contributed by atoms with E-state index in [1.807, 2.05) is 6.92 Å². The minimum Gasteiger partial charge on any atom is -0.381 e. The summed E-state index contributed by atoms with van der Waals surface area (Å²) < 4.78 is 37.5. The summed E-state index contributed by atoms with van der Waals surface area (Å²) in [5.41, 5.74) is -0.166. The van der Waals surface area contributed by atoms with Gasteiger partial charge in [-0.15, -0.1) is 0 Å². The van der Waals surface area contributed by atoms with Gasteiger partial charge in [-0.1, -0.05) is 37.8 Å². The number of nitrogens with one attached hydrogen (secondary N) is 1. The van der Waals surface area contributed by atoms with Crippen LogP contribution in [0.25, 0.3) is 0 Å². The maximum atomic E-state index is 12.5. The zero-order chi connectivity index (χ0) is 14.5. The van der Waals surface area contributed by atoms with Gasteiger partial charge in [0.25, 0.3) is 0 Å². The maximum Gasteiger partial charge on any atom is 0.416 e. The lowest BCUT2D eigenvalue weighted by molar-refractivity contribution is -0.137. The van der Waals surface area contributed by atoms with Gasteiger partial charge >= 0.3 is 6.18 Å². The molecule has 0 fully saturated rings. The first-order chi connectivity index (χ1) is 8.84. The molecule has 0 aliphatic carbocycles. The molecule has 1 atom stereocenters. The van der Waals surface area contributed by atoms with Gasteiger partial charge in [-0.2, -0.15) is 13.2 Å². The van der Waals surface area contributed by atoms with Gasteiger partial charge < -0.3 is 5.32 Å². The molecule has 0 heterocycles. The van der Waals surface area contributed by atoms with Crippen molar-refractivity contribution in [2.24, 2.45) is 0 Å². The molecule has 5 heteroatoms. The Bertz CT molecular complexity index is 404. The molecule has 0 saturated carbocycles. The first-order valence-electron chi connectivity index (χ1n) is 6.48. The number of hydrogen-bond donors (Lipinski definition) is 1. The van der Waals surface area contributed by atoms with Crippen molar-refractivity contribution in [3.8, 4) is 0 Å². The molecular formula is C14H19ClF3N. The van der Waals surface area contributed by atoms with E-state index in [-0.39, 0.29) is 11.1 Å². The lowest BCUT2D eigenvalue weighted by Gasteiger charge is -2.17. The first-order valence-corrected chi connectivity index (χ1v) is 6.85. The van der Waals surface area contributed by atoms with E-state index in [1.165, 1.54) is 6.07 Å². The van der Waals surface area contributed by atoms with Gasteiger partial charge in [0.1, 0.15) is 0 Å². The summed E-state index contributed by atoms with van der Waals surface area (Å²) in [4.78, 5) is 0. The third-order valence-electron chi connectivity index (χ3n) is 2.94. The van der Waals surface area contributed by atoms with E-state index in [9.17, 15) is 13.2 Å². The fourth-order valence-corrected chi connectivity index (χ4v) is 2.08. The van der Waals surface area contributed by atoms with Crippen molar-refractivity contribution in [2.75, 3.05) is 5.32 Å². The van der Waals surface area contributed by atoms with Gasteiger partial charge in [0.05, 0.1) is 16.3 Å². The van der Waals surface area contributed by atoms with Crippen LogP contribution in [0.2, 0.25) is 5.02 Å². The Morgan fingerprint density at radius 1 is 1.26 bits per heavy atom. The Balaban J connectivity index is 2.65. The second-order valence-electron chi connectivity index (χ2n) is 4.73. The Morgan fingerprint density at radius 2 is 1.95 bits per heavy atom. The van der Waals surface area contributed by atoms with E-state index >= 15 is 0 Å². The first kappa shape index (κ1) is 16.2. The topological polar surface area (TPSA) is 12.0 Å². The van der Waals surface area contributed by atoms with E-state index in [4.69, 9.17) is 11.6 Å². The Labute approximate surface area is 117 Å². The predicted octanol–water partition coefficient (Wildman–Crippen LogP) is 5.74. The molecule has 0 amide bonds. The number of halogens is 4. The Kier molecular flexibility index (Phi) is 5.98. The molecular weight excluding hydrogens is 275 g/mol. The lowest BCUT2D eigenvalue weighted by Crippen LogP contribution is -2.15. The largest absolute Gasteiger partial charge is 0.416 e. The highest BCUT2D eigenvalue weighted by Gasteiger charge is 2.30. The van der Waals surface area contributed by atoms with Crippen LogP contribution in [-0.2, 0) is 6.18 Å². The second kappa shape index (κ2) is 7.04. The van der Waals surface area contributed by atoms with E-state index in [0.717, 1.165) is 37.8 Å². The van der Waals surface area contributed by atoms with Crippen molar-refractivity contribution in [3.63, 3.8) is 0 Å². The average Bonchev–Trinajstić information content (AvgIpc) is 2.31. The fourth-order valence-electron chi connectivity index (χ4n) is 1.85. The normalized spacial score (nSPS) is 13.4. The van der Waals surface area contributed by atoms with Crippen LogP contribution in [0.3, 0.4) is 0 Å². The highest BCUT2D eigenvalue weighted by Crippen LogP contribution is 2.34. The second-order valence-corrected chi connectivity index (χ2v) is 5.14. The quantitative estimate of drug-likeness (QED) is 0.660. The highest BCUT2D eigenvalue weighted by atomic mass is 35.5. The van der Waals surface area contributed by atoms with Gasteiger partial charge in [0, 0.05) is 6.04 Å². The smallest absolute Gasteiger partial charge is 0.381 e. The SMILES string of the molecule is CCCCCC(C)Nc1ccc(C(F)(F)F)cc1Cl. The zero-order valence-corrected chi connectivity index (χ0v) is 11.9. The summed E-state index contributed by atoms with van der Waals surface area (Å²) >= 11 is 5.88. The molecule has 1 nitrogen and oxygen atoms in total. The van der Waals surface area contributed by atoms with Crippen LogP contribution in [0.5, 0.6) is 0 Å². The molecule has 0 spiro atoms. The summed E-state index contributed by atoms with van der Waals surface area (Å²) in [6.07, 6.45) is 0.0313. The van der Waals surface area contributed by atoms with Crippen molar-refractivity contribution in [3.05, 3.63) is 28.8 Å². The Hall–Kier alpha value is -0.900. The molecule has 0 bridgehead atoms. The van der Waals surface area contributed by atoms with Crippen molar-refractivity contribution < 1.29 is 13.2 Å². The monoisotopic (exact) mass is 293 g/mol. The van der Waals surface area contributed by atoms with Crippen LogP contribution < -0.4 is 5.32 Å². The van der Waals surface area contributed by atoms with E-state index in [1.54, 1.807) is 0 Å². The fraction of sp³-hybridized carbons (Fsp3) is 0.571. The molecule has 1 aromatic carbocycles. The van der Waals surface area contributed by atoms with Crippen molar-refractivity contribution in [2.45, 2.75) is 51.7 Å². The number of alkyl halides is 3. The number of anilines is 1. The number of benzene rings is 1. The minimum atomic E-state index is -4.35. The minimum absolute atomic E-state index is 0.108. The van der Waals surface area contributed by atoms with E-state index < -0.39 is 11.7 Å². The number of unbranched alkanes of at least 4 members (excludes halogenated alkanes) is 2. The third kappa shape index (κ3) is 5.31. The zero-order valence-electron chi connectivity index (χ0n) is 11.1. The predicted molar refractivity (Wildman–Crippen MR) is 73.7 cm³/mol. The molecule has 0 aromatic heterocycles. The number of hydrogen-bond acceptors (Lipinski definition) is 1. The van der Waals surface area contributed by atoms with Gasteiger partial charge in [-0.05, 0) is 31.5 Å². The van der Waals surface area contributed by atoms with Crippen molar-refractivity contribution in [1.29, 1.82) is 0 Å². The van der Waals surface area contributed by atoms with Crippen molar-refractivity contribution >= 4 is 17.3 Å². The summed E-state index contributed by atoms with van der Waals surface area (Å²) in [5.74, 6) is 0. The Morgan fingerprint density at radius 3 is 2.47 bits per heavy atom. The van der Waals surface area contributed by atoms with E-state index in [2.05, 4.69) is 12.2 Å². The average molecular weight is 294 g/mol. The summed E-state index contributed by atoms with van der Waals surface area (Å²) in [6.45, 7) is 4.13. The van der Waals surface area contributed by atoms with Gasteiger partial charge in [0.2, 0.25) is 0 Å². The standard InChI is InChI=1S/C14H19ClF3N/c1-3-4-5-6-10(2)19-13-8-7-11(9-12(13)15)14(16,17)18/h7-10,19H,3-6H2,1-2H3. The van der Waals surface area contributed by atoms with Crippen molar-refractivity contribution in [1.82, 2.24) is 0 Å². The van der Waals surface area contributed by atoms with Crippen LogP contribution >= 0.6 is 11.6 Å². The molecule has 1 unspecified atom stereocenters. The van der Waals surface area contributed by atoms with Gasteiger partial charge in [-0.25, -0.2) is 0 Å². The van der Waals surface area contributed by atoms with Gasteiger partial charge in [-0.3, -0.25) is 0 Å². The van der Waals surface area contributed by atoms with Gasteiger partial charge in [0.15, 0.2) is 0 Å². The molecule has 1 rings (SSSR count). The van der Waals surface area contributed by atoms with E-state index in [0.29, 0.717) is 5.69 Å². The molecule has 0 aliphatic heterocycles. The summed E-state index contributed by atoms with van der Waals surface area (Å²) in [6, 6.07) is 3.60. The summed E-state index contributed by atoms with van der Waals surface area (Å²) in [7, 11) is 0. The highest BCUT2D eigenvalue weighted by molar-refractivity contribution is 6.33. The maximum absolute atomic E-state index is 12.5. The number of rotatable bonds is 6. The van der Waals surface area contributed by atoms with Crippen LogP contribution in [0.15, 0.2) is 18.2 Å². The molecule has 108 valence electrons. The molecule has 1 N–H and O–H groups in total. The molecule has 1 aromatic rings. The van der Waals surface area contributed by atoms with Crippen LogP contribution in [0.1, 0.15) is 45.1 Å². The summed E-state index contributed by atoms with van der Waals surface area (Å²) in [5, 5.41) is 3.26. The molecule has 0 saturated heterocycles. The third-order valence-corrected chi connectivity index (χ3v) is 3.25. The van der Waals surface area contributed by atoms with Crippen LogP contribution in [0.4, 0.5) is 18.9 Å². The molecule has 0 aliphatic rings. The molecule has 0 radical (unpaired) electrons. The van der Waals surface area contributed by atoms with Crippen LogP contribution in [0, 0.1) is 0 Å². The van der Waals surface area contributed by atoms with Crippen LogP contribution in [-0.4, -0.2) is 6.04 Å².